The fraction of sp³-hybridized carbons (Fsp3) is 0.667. The van der Waals surface area contributed by atoms with Crippen molar-refractivity contribution in [2.75, 3.05) is 24.5 Å². The number of anilines is 1. The van der Waals surface area contributed by atoms with Crippen molar-refractivity contribution < 1.29 is 0 Å². The third kappa shape index (κ3) is 3.66. The van der Waals surface area contributed by atoms with Gasteiger partial charge in [-0.15, -0.1) is 10.2 Å². The van der Waals surface area contributed by atoms with Gasteiger partial charge in [0, 0.05) is 57.0 Å². The highest BCUT2D eigenvalue weighted by Gasteiger charge is 2.22. The quantitative estimate of drug-likeness (QED) is 0.860. The van der Waals surface area contributed by atoms with Crippen LogP contribution in [-0.4, -0.2) is 44.4 Å². The fourth-order valence-corrected chi connectivity index (χ4v) is 3.82. The van der Waals surface area contributed by atoms with Crippen molar-refractivity contribution in [2.45, 2.75) is 52.1 Å². The Kier molecular flexibility index (Phi) is 4.92. The first kappa shape index (κ1) is 16.4. The van der Waals surface area contributed by atoms with E-state index >= 15 is 0 Å². The van der Waals surface area contributed by atoms with Crippen molar-refractivity contribution in [1.82, 2.24) is 30.0 Å². The van der Waals surface area contributed by atoms with Gasteiger partial charge in [-0.3, -0.25) is 0 Å². The van der Waals surface area contributed by atoms with Gasteiger partial charge in [-0.2, -0.15) is 0 Å². The topological polar surface area (TPSA) is 71.8 Å². The lowest BCUT2D eigenvalue weighted by Crippen LogP contribution is -2.30. The Balaban J connectivity index is 1.26. The maximum absolute atomic E-state index is 4.53. The van der Waals surface area contributed by atoms with Crippen LogP contribution in [0, 0.1) is 5.92 Å². The zero-order chi connectivity index (χ0) is 17.1. The summed E-state index contributed by atoms with van der Waals surface area (Å²) in [6, 6.07) is 0. The summed E-state index contributed by atoms with van der Waals surface area (Å²) in [7, 11) is 0. The number of nitrogens with zero attached hydrogens (tertiary/aromatic N) is 6. The third-order valence-electron chi connectivity index (χ3n) is 5.28. The second-order valence-electron chi connectivity index (χ2n) is 7.12. The molecule has 2 aromatic rings. The number of aryl methyl sites for hydroxylation is 2. The minimum atomic E-state index is 0.638. The molecule has 2 aromatic heterocycles. The minimum Gasteiger partial charge on any atom is -0.341 e. The van der Waals surface area contributed by atoms with Crippen LogP contribution < -0.4 is 10.2 Å². The van der Waals surface area contributed by atoms with Crippen LogP contribution in [0.15, 0.2) is 12.4 Å². The number of fused-ring (bicyclic) bond motifs is 1. The lowest BCUT2D eigenvalue weighted by atomic mass is 9.99. The number of nitrogens with one attached hydrogen (secondary N) is 1. The van der Waals surface area contributed by atoms with Crippen molar-refractivity contribution in [2.24, 2.45) is 5.92 Å². The standard InChI is InChI=1S/C18H27N7/c1-2-16-22-23-17-6-5-14(13-25(16)17)9-19-10-15-11-20-18(21-12-15)24-7-3-4-8-24/h11-12,14,19H,2-10,13H2,1H3. The van der Waals surface area contributed by atoms with Crippen LogP contribution >= 0.6 is 0 Å². The molecule has 4 heterocycles. The molecule has 7 nitrogen and oxygen atoms in total. The van der Waals surface area contributed by atoms with E-state index in [0.717, 1.165) is 68.7 Å². The predicted octanol–water partition coefficient (Wildman–Crippen LogP) is 1.58. The van der Waals surface area contributed by atoms with Gasteiger partial charge in [-0.05, 0) is 31.7 Å². The third-order valence-corrected chi connectivity index (χ3v) is 5.28. The zero-order valence-corrected chi connectivity index (χ0v) is 15.0. The van der Waals surface area contributed by atoms with Crippen molar-refractivity contribution in [3.8, 4) is 0 Å². The molecular formula is C18H27N7. The summed E-state index contributed by atoms with van der Waals surface area (Å²) in [5, 5.41) is 12.2. The number of aromatic nitrogens is 5. The highest BCUT2D eigenvalue weighted by Crippen LogP contribution is 2.20. The van der Waals surface area contributed by atoms with Crippen LogP contribution in [0.3, 0.4) is 0 Å². The Morgan fingerprint density at radius 1 is 1.16 bits per heavy atom. The van der Waals surface area contributed by atoms with E-state index in [4.69, 9.17) is 0 Å². The average molecular weight is 341 g/mol. The molecule has 1 fully saturated rings. The van der Waals surface area contributed by atoms with Gasteiger partial charge >= 0.3 is 0 Å². The minimum absolute atomic E-state index is 0.638. The molecule has 25 heavy (non-hydrogen) atoms. The highest BCUT2D eigenvalue weighted by atomic mass is 15.3. The van der Waals surface area contributed by atoms with Crippen LogP contribution in [0.5, 0.6) is 0 Å². The summed E-state index contributed by atoms with van der Waals surface area (Å²) < 4.78 is 2.31. The van der Waals surface area contributed by atoms with Crippen molar-refractivity contribution in [3.63, 3.8) is 0 Å². The van der Waals surface area contributed by atoms with Gasteiger partial charge in [0.25, 0.3) is 0 Å². The average Bonchev–Trinajstić information content (AvgIpc) is 3.32. The molecule has 7 heteroatoms. The monoisotopic (exact) mass is 341 g/mol. The Hall–Kier alpha value is -2.02. The second kappa shape index (κ2) is 7.47. The Labute approximate surface area is 148 Å². The molecule has 1 atom stereocenters. The summed E-state index contributed by atoms with van der Waals surface area (Å²) in [5.41, 5.74) is 1.15. The van der Waals surface area contributed by atoms with E-state index in [1.165, 1.54) is 19.3 Å². The molecule has 0 amide bonds. The van der Waals surface area contributed by atoms with E-state index in [9.17, 15) is 0 Å². The van der Waals surface area contributed by atoms with Crippen LogP contribution in [0.1, 0.15) is 43.4 Å². The first-order valence-corrected chi connectivity index (χ1v) is 9.51. The Morgan fingerprint density at radius 2 is 1.96 bits per heavy atom. The maximum atomic E-state index is 4.53. The molecule has 0 aromatic carbocycles. The first-order valence-electron chi connectivity index (χ1n) is 9.51. The molecule has 1 unspecified atom stereocenters. The first-order chi connectivity index (χ1) is 12.3. The molecule has 0 radical (unpaired) electrons. The van der Waals surface area contributed by atoms with Crippen LogP contribution in [0.2, 0.25) is 0 Å². The van der Waals surface area contributed by atoms with Gasteiger partial charge in [-0.1, -0.05) is 6.92 Å². The van der Waals surface area contributed by atoms with Crippen LogP contribution in [0.4, 0.5) is 5.95 Å². The van der Waals surface area contributed by atoms with E-state index in [0.29, 0.717) is 5.92 Å². The van der Waals surface area contributed by atoms with Crippen molar-refractivity contribution in [1.29, 1.82) is 0 Å². The molecule has 134 valence electrons. The van der Waals surface area contributed by atoms with Crippen molar-refractivity contribution >= 4 is 5.95 Å². The molecular weight excluding hydrogens is 314 g/mol. The lowest BCUT2D eigenvalue weighted by molar-refractivity contribution is 0.342. The molecule has 2 aliphatic rings. The molecule has 0 aliphatic carbocycles. The molecule has 0 bridgehead atoms. The summed E-state index contributed by atoms with van der Waals surface area (Å²) in [5.74, 6) is 3.78. The van der Waals surface area contributed by atoms with Crippen LogP contribution in [-0.2, 0) is 25.9 Å². The van der Waals surface area contributed by atoms with Gasteiger partial charge in [0.2, 0.25) is 5.95 Å². The summed E-state index contributed by atoms with van der Waals surface area (Å²) >= 11 is 0. The predicted molar refractivity (Wildman–Crippen MR) is 96.4 cm³/mol. The molecule has 4 rings (SSSR count). The zero-order valence-electron chi connectivity index (χ0n) is 15.0. The smallest absolute Gasteiger partial charge is 0.225 e. The molecule has 1 N–H and O–H groups in total. The van der Waals surface area contributed by atoms with E-state index in [1.807, 2.05) is 12.4 Å². The summed E-state index contributed by atoms with van der Waals surface area (Å²) in [6.07, 6.45) is 9.59. The normalized spacial score (nSPS) is 20.0. The molecule has 0 saturated carbocycles. The number of rotatable bonds is 6. The highest BCUT2D eigenvalue weighted by molar-refractivity contribution is 5.30. The van der Waals surface area contributed by atoms with Gasteiger partial charge in [0.1, 0.15) is 11.6 Å². The fourth-order valence-electron chi connectivity index (χ4n) is 3.82. The van der Waals surface area contributed by atoms with E-state index < -0.39 is 0 Å². The molecule has 2 aliphatic heterocycles. The SMILES string of the molecule is CCc1nnc2n1CC(CNCc1cnc(N3CCCC3)nc1)CC2. The Morgan fingerprint density at radius 3 is 2.72 bits per heavy atom. The largest absolute Gasteiger partial charge is 0.341 e. The van der Waals surface area contributed by atoms with Gasteiger partial charge in [0.05, 0.1) is 0 Å². The van der Waals surface area contributed by atoms with Crippen LogP contribution in [0.25, 0.3) is 0 Å². The maximum Gasteiger partial charge on any atom is 0.225 e. The molecule has 0 spiro atoms. The van der Waals surface area contributed by atoms with Gasteiger partial charge in [0.15, 0.2) is 0 Å². The van der Waals surface area contributed by atoms with Gasteiger partial charge < -0.3 is 14.8 Å². The summed E-state index contributed by atoms with van der Waals surface area (Å²) in [6.45, 7) is 7.18. The molecule has 1 saturated heterocycles. The number of hydrogen-bond acceptors (Lipinski definition) is 6. The van der Waals surface area contributed by atoms with Crippen molar-refractivity contribution in [3.05, 3.63) is 29.6 Å². The van der Waals surface area contributed by atoms with E-state index in [1.54, 1.807) is 0 Å². The second-order valence-corrected chi connectivity index (χ2v) is 7.12. The summed E-state index contributed by atoms with van der Waals surface area (Å²) in [4.78, 5) is 11.3. The van der Waals surface area contributed by atoms with Gasteiger partial charge in [-0.25, -0.2) is 9.97 Å². The van der Waals surface area contributed by atoms with E-state index in [2.05, 4.69) is 41.9 Å². The number of hydrogen-bond donors (Lipinski definition) is 1. The van der Waals surface area contributed by atoms with E-state index in [-0.39, 0.29) is 0 Å². The lowest BCUT2D eigenvalue weighted by Gasteiger charge is -2.24. The Bertz CT molecular complexity index is 674.